The van der Waals surface area contributed by atoms with Gasteiger partial charge in [0.05, 0.1) is 23.6 Å². The van der Waals surface area contributed by atoms with Gasteiger partial charge in [-0.3, -0.25) is 4.98 Å². The number of nitrogens with zero attached hydrogens (tertiary/aromatic N) is 2. The predicted molar refractivity (Wildman–Crippen MR) is 81.7 cm³/mol. The van der Waals surface area contributed by atoms with Gasteiger partial charge < -0.3 is 10.5 Å². The third-order valence-electron chi connectivity index (χ3n) is 3.69. The van der Waals surface area contributed by atoms with Crippen LogP contribution in [0.1, 0.15) is 32.4 Å². The highest BCUT2D eigenvalue weighted by Gasteiger charge is 2.34. The molecule has 0 aromatic carbocycles. The molecule has 1 aromatic heterocycles. The fourth-order valence-electron chi connectivity index (χ4n) is 2.74. The third-order valence-corrected chi connectivity index (χ3v) is 3.69. The SMILES string of the molecule is CC1(C)CC(c2ccc(N)cn2)=C2CC(C#N)=CC=C2O1. The molecule has 2 aliphatic rings. The van der Waals surface area contributed by atoms with E-state index in [1.165, 1.54) is 0 Å². The topological polar surface area (TPSA) is 71.9 Å². The Bertz CT molecular complexity index is 715. The average molecular weight is 279 g/mol. The van der Waals surface area contributed by atoms with E-state index in [-0.39, 0.29) is 5.60 Å². The first-order valence-electron chi connectivity index (χ1n) is 6.93. The summed E-state index contributed by atoms with van der Waals surface area (Å²) in [7, 11) is 0. The molecule has 4 nitrogen and oxygen atoms in total. The molecule has 0 radical (unpaired) electrons. The van der Waals surface area contributed by atoms with E-state index >= 15 is 0 Å². The number of rotatable bonds is 1. The van der Waals surface area contributed by atoms with E-state index < -0.39 is 0 Å². The molecule has 106 valence electrons. The minimum Gasteiger partial charge on any atom is -0.487 e. The molecule has 1 aromatic rings. The molecule has 0 saturated heterocycles. The fourth-order valence-corrected chi connectivity index (χ4v) is 2.74. The van der Waals surface area contributed by atoms with Gasteiger partial charge in [0.15, 0.2) is 0 Å². The van der Waals surface area contributed by atoms with Crippen molar-refractivity contribution in [3.05, 3.63) is 53.1 Å². The van der Waals surface area contributed by atoms with Gasteiger partial charge in [0.1, 0.15) is 11.4 Å². The quantitative estimate of drug-likeness (QED) is 0.855. The zero-order chi connectivity index (χ0) is 15.0. The first-order chi connectivity index (χ1) is 9.98. The first kappa shape index (κ1) is 13.4. The zero-order valence-electron chi connectivity index (χ0n) is 12.2. The van der Waals surface area contributed by atoms with E-state index in [0.717, 1.165) is 34.6 Å². The maximum Gasteiger partial charge on any atom is 0.124 e. The number of hydrogen-bond donors (Lipinski definition) is 1. The van der Waals surface area contributed by atoms with Crippen LogP contribution in [0.3, 0.4) is 0 Å². The molecule has 0 bridgehead atoms. The Kier molecular flexibility index (Phi) is 3.06. The molecule has 21 heavy (non-hydrogen) atoms. The number of ether oxygens (including phenoxy) is 1. The molecule has 0 amide bonds. The van der Waals surface area contributed by atoms with Crippen molar-refractivity contribution >= 4 is 11.3 Å². The number of fused-ring (bicyclic) bond motifs is 1. The highest BCUT2D eigenvalue weighted by Crippen LogP contribution is 2.43. The largest absolute Gasteiger partial charge is 0.487 e. The van der Waals surface area contributed by atoms with E-state index in [1.807, 2.05) is 24.3 Å². The van der Waals surface area contributed by atoms with Gasteiger partial charge in [-0.05, 0) is 43.7 Å². The van der Waals surface area contributed by atoms with E-state index in [0.29, 0.717) is 12.1 Å². The average Bonchev–Trinajstić information content (AvgIpc) is 2.46. The second kappa shape index (κ2) is 4.78. The Balaban J connectivity index is 2.13. The normalized spacial score (nSPS) is 19.9. The van der Waals surface area contributed by atoms with Crippen LogP contribution in [0.25, 0.3) is 5.57 Å². The molecule has 4 heteroatoms. The molecular weight excluding hydrogens is 262 g/mol. The summed E-state index contributed by atoms with van der Waals surface area (Å²) < 4.78 is 6.04. The third kappa shape index (κ3) is 2.55. The van der Waals surface area contributed by atoms with Crippen LogP contribution in [-0.4, -0.2) is 10.6 Å². The van der Waals surface area contributed by atoms with Crippen molar-refractivity contribution in [2.24, 2.45) is 0 Å². The molecule has 3 rings (SSSR count). The number of pyridine rings is 1. The van der Waals surface area contributed by atoms with Crippen molar-refractivity contribution in [2.45, 2.75) is 32.3 Å². The number of nitrogen functional groups attached to an aromatic ring is 1. The van der Waals surface area contributed by atoms with Gasteiger partial charge >= 0.3 is 0 Å². The molecule has 2 heterocycles. The van der Waals surface area contributed by atoms with Gasteiger partial charge in [0.25, 0.3) is 0 Å². The maximum absolute atomic E-state index is 9.13. The molecule has 0 unspecified atom stereocenters. The van der Waals surface area contributed by atoms with Crippen molar-refractivity contribution in [3.8, 4) is 6.07 Å². The number of allylic oxidation sites excluding steroid dienone is 4. The monoisotopic (exact) mass is 279 g/mol. The lowest BCUT2D eigenvalue weighted by molar-refractivity contribution is 0.0367. The Labute approximate surface area is 124 Å². The summed E-state index contributed by atoms with van der Waals surface area (Å²) in [6.07, 6.45) is 6.73. The minimum atomic E-state index is -0.286. The molecule has 0 atom stereocenters. The van der Waals surface area contributed by atoms with E-state index in [9.17, 15) is 0 Å². The van der Waals surface area contributed by atoms with Gasteiger partial charge in [0, 0.05) is 24.0 Å². The summed E-state index contributed by atoms with van der Waals surface area (Å²) in [5, 5.41) is 9.13. The molecule has 2 N–H and O–H groups in total. The lowest BCUT2D eigenvalue weighted by atomic mass is 9.84. The van der Waals surface area contributed by atoms with Crippen molar-refractivity contribution in [1.82, 2.24) is 4.98 Å². The number of hydrogen-bond acceptors (Lipinski definition) is 4. The van der Waals surface area contributed by atoms with Crippen LogP contribution in [0.5, 0.6) is 0 Å². The Morgan fingerprint density at radius 1 is 1.29 bits per heavy atom. The molecule has 0 spiro atoms. The lowest BCUT2D eigenvalue weighted by Crippen LogP contribution is -2.30. The van der Waals surface area contributed by atoms with Gasteiger partial charge in [-0.2, -0.15) is 5.26 Å². The van der Waals surface area contributed by atoms with Gasteiger partial charge in [-0.1, -0.05) is 0 Å². The van der Waals surface area contributed by atoms with Crippen LogP contribution in [0.4, 0.5) is 5.69 Å². The van der Waals surface area contributed by atoms with Crippen molar-refractivity contribution in [1.29, 1.82) is 5.26 Å². The van der Waals surface area contributed by atoms with E-state index in [4.69, 9.17) is 15.7 Å². The van der Waals surface area contributed by atoms with E-state index in [1.54, 1.807) is 6.20 Å². The predicted octanol–water partition coefficient (Wildman–Crippen LogP) is 3.35. The number of aromatic nitrogens is 1. The molecular formula is C17H17N3O. The van der Waals surface area contributed by atoms with Gasteiger partial charge in [-0.15, -0.1) is 0 Å². The highest BCUT2D eigenvalue weighted by atomic mass is 16.5. The minimum absolute atomic E-state index is 0.286. The second-order valence-corrected chi connectivity index (χ2v) is 5.98. The summed E-state index contributed by atoms with van der Waals surface area (Å²) >= 11 is 0. The van der Waals surface area contributed by atoms with Crippen LogP contribution in [0.2, 0.25) is 0 Å². The Morgan fingerprint density at radius 2 is 2.10 bits per heavy atom. The van der Waals surface area contributed by atoms with Crippen molar-refractivity contribution in [3.63, 3.8) is 0 Å². The standard InChI is InChI=1S/C17H17N3O/c1-17(2)8-14(15-5-4-12(19)10-20-15)13-7-11(9-18)3-6-16(13)21-17/h3-6,10H,7-8,19H2,1-2H3. The Morgan fingerprint density at radius 3 is 2.76 bits per heavy atom. The summed E-state index contributed by atoms with van der Waals surface area (Å²) in [5.41, 5.74) is 9.92. The van der Waals surface area contributed by atoms with Crippen LogP contribution >= 0.6 is 0 Å². The lowest BCUT2D eigenvalue weighted by Gasteiger charge is -2.37. The summed E-state index contributed by atoms with van der Waals surface area (Å²) in [4.78, 5) is 4.44. The van der Waals surface area contributed by atoms with Crippen LogP contribution in [-0.2, 0) is 4.74 Å². The number of nitriles is 1. The summed E-state index contributed by atoms with van der Waals surface area (Å²) in [6, 6.07) is 6.01. The second-order valence-electron chi connectivity index (χ2n) is 5.98. The van der Waals surface area contributed by atoms with Crippen molar-refractivity contribution < 1.29 is 4.74 Å². The molecule has 0 fully saturated rings. The zero-order valence-corrected chi connectivity index (χ0v) is 12.2. The maximum atomic E-state index is 9.13. The smallest absolute Gasteiger partial charge is 0.124 e. The van der Waals surface area contributed by atoms with Crippen LogP contribution in [0.15, 0.2) is 47.4 Å². The molecule has 0 saturated carbocycles. The van der Waals surface area contributed by atoms with E-state index in [2.05, 4.69) is 24.9 Å². The fraction of sp³-hybridized carbons (Fsp3) is 0.294. The van der Waals surface area contributed by atoms with Gasteiger partial charge in [0.2, 0.25) is 0 Å². The number of nitrogens with two attached hydrogens (primary N) is 1. The Hall–Kier alpha value is -2.54. The molecule has 1 aliphatic carbocycles. The van der Waals surface area contributed by atoms with Crippen molar-refractivity contribution in [2.75, 3.05) is 5.73 Å². The molecule has 1 aliphatic heterocycles. The van der Waals surface area contributed by atoms with Gasteiger partial charge in [-0.25, -0.2) is 0 Å². The van der Waals surface area contributed by atoms with Crippen LogP contribution < -0.4 is 5.73 Å². The summed E-state index contributed by atoms with van der Waals surface area (Å²) in [6.45, 7) is 4.12. The first-order valence-corrected chi connectivity index (χ1v) is 6.93. The highest BCUT2D eigenvalue weighted by molar-refractivity contribution is 5.74. The summed E-state index contributed by atoms with van der Waals surface area (Å²) in [5.74, 6) is 0.846. The number of anilines is 1. The van der Waals surface area contributed by atoms with Crippen LogP contribution in [0, 0.1) is 11.3 Å².